The van der Waals surface area contributed by atoms with Crippen LogP contribution in [0.2, 0.25) is 0 Å². The van der Waals surface area contributed by atoms with E-state index in [1.54, 1.807) is 0 Å². The second kappa shape index (κ2) is 4.17. The molecule has 0 N–H and O–H groups in total. The van der Waals surface area contributed by atoms with Crippen molar-refractivity contribution < 1.29 is 4.21 Å². The van der Waals surface area contributed by atoms with Gasteiger partial charge in [0.05, 0.1) is 4.75 Å². The third kappa shape index (κ3) is 4.00. The Balaban J connectivity index is 4.46. The van der Waals surface area contributed by atoms with Gasteiger partial charge in [-0.2, -0.15) is 4.40 Å². The van der Waals surface area contributed by atoms with Crippen LogP contribution in [0.25, 0.3) is 0 Å². The summed E-state index contributed by atoms with van der Waals surface area (Å²) in [6, 6.07) is 0. The standard InChI is InChI=1S/C9H19NOS/c1-7(2)8(3)10-12(11)9(4,5)6/h7H,1-6H3/b10-8+/t12-/m1/s1. The molecule has 0 unspecified atom stereocenters. The number of hydrogen-bond acceptors (Lipinski definition) is 1. The molecule has 12 heavy (non-hydrogen) atoms. The van der Waals surface area contributed by atoms with E-state index in [1.165, 1.54) is 0 Å². The summed E-state index contributed by atoms with van der Waals surface area (Å²) in [5, 5.41) is 0. The van der Waals surface area contributed by atoms with Crippen molar-refractivity contribution in [3.63, 3.8) is 0 Å². The smallest absolute Gasteiger partial charge is 0.144 e. The van der Waals surface area contributed by atoms with Gasteiger partial charge in [0, 0.05) is 5.71 Å². The zero-order chi connectivity index (χ0) is 9.94. The highest BCUT2D eigenvalue weighted by Gasteiger charge is 2.19. The fourth-order valence-corrected chi connectivity index (χ4v) is 1.12. The van der Waals surface area contributed by atoms with E-state index in [-0.39, 0.29) is 4.75 Å². The lowest BCUT2D eigenvalue weighted by atomic mass is 10.1. The average Bonchev–Trinajstić information content (AvgIpc) is 1.85. The van der Waals surface area contributed by atoms with E-state index < -0.39 is 11.0 Å². The summed E-state index contributed by atoms with van der Waals surface area (Å²) in [6.07, 6.45) is 0. The maximum atomic E-state index is 11.5. The van der Waals surface area contributed by atoms with Crippen LogP contribution in [0.1, 0.15) is 41.5 Å². The first kappa shape index (κ1) is 11.8. The molecule has 0 radical (unpaired) electrons. The van der Waals surface area contributed by atoms with Gasteiger partial charge in [-0.3, -0.25) is 0 Å². The van der Waals surface area contributed by atoms with E-state index >= 15 is 0 Å². The Morgan fingerprint density at radius 1 is 1.33 bits per heavy atom. The molecule has 0 bridgehead atoms. The van der Waals surface area contributed by atoms with Crippen molar-refractivity contribution in [1.29, 1.82) is 0 Å². The van der Waals surface area contributed by atoms with Crippen LogP contribution in [0.4, 0.5) is 0 Å². The maximum absolute atomic E-state index is 11.5. The molecule has 0 aliphatic rings. The van der Waals surface area contributed by atoms with Gasteiger partial charge in [-0.1, -0.05) is 13.8 Å². The van der Waals surface area contributed by atoms with E-state index in [4.69, 9.17) is 0 Å². The monoisotopic (exact) mass is 189 g/mol. The fraction of sp³-hybridized carbons (Fsp3) is 0.889. The molecule has 0 saturated heterocycles. The Morgan fingerprint density at radius 3 is 2.00 bits per heavy atom. The van der Waals surface area contributed by atoms with Crippen LogP contribution in [0.5, 0.6) is 0 Å². The highest BCUT2D eigenvalue weighted by molar-refractivity contribution is 7.85. The first-order chi connectivity index (χ1) is 5.25. The van der Waals surface area contributed by atoms with Gasteiger partial charge in [-0.05, 0) is 33.6 Å². The summed E-state index contributed by atoms with van der Waals surface area (Å²) >= 11 is 0. The van der Waals surface area contributed by atoms with Crippen molar-refractivity contribution in [3.05, 3.63) is 0 Å². The van der Waals surface area contributed by atoms with Crippen molar-refractivity contribution in [2.24, 2.45) is 10.3 Å². The second-order valence-corrected chi connectivity index (χ2v) is 6.15. The molecule has 0 heterocycles. The van der Waals surface area contributed by atoms with Gasteiger partial charge in [-0.15, -0.1) is 0 Å². The maximum Gasteiger partial charge on any atom is 0.144 e. The molecule has 0 aromatic carbocycles. The summed E-state index contributed by atoms with van der Waals surface area (Å²) in [5.41, 5.74) is 0.961. The van der Waals surface area contributed by atoms with E-state index in [2.05, 4.69) is 18.2 Å². The third-order valence-corrected chi connectivity index (χ3v) is 3.09. The molecule has 72 valence electrons. The van der Waals surface area contributed by atoms with E-state index in [0.29, 0.717) is 5.92 Å². The molecular weight excluding hydrogens is 170 g/mol. The van der Waals surface area contributed by atoms with Gasteiger partial charge < -0.3 is 0 Å². The van der Waals surface area contributed by atoms with Gasteiger partial charge in [0.1, 0.15) is 11.0 Å². The fourth-order valence-electron chi connectivity index (χ4n) is 0.373. The van der Waals surface area contributed by atoms with Crippen molar-refractivity contribution in [2.75, 3.05) is 0 Å². The van der Waals surface area contributed by atoms with Crippen LogP contribution in [0, 0.1) is 5.92 Å². The molecular formula is C9H19NOS. The molecule has 0 aromatic rings. The summed E-state index contributed by atoms with van der Waals surface area (Å²) in [7, 11) is -1.10. The van der Waals surface area contributed by atoms with Crippen molar-refractivity contribution >= 4 is 16.7 Å². The normalized spacial score (nSPS) is 16.8. The molecule has 0 fully saturated rings. The number of nitrogens with zero attached hydrogens (tertiary/aromatic N) is 1. The van der Waals surface area contributed by atoms with Crippen molar-refractivity contribution in [1.82, 2.24) is 0 Å². The Morgan fingerprint density at radius 2 is 1.75 bits per heavy atom. The molecule has 0 aromatic heterocycles. The first-order valence-corrected chi connectivity index (χ1v) is 5.33. The van der Waals surface area contributed by atoms with Crippen molar-refractivity contribution in [3.8, 4) is 0 Å². The van der Waals surface area contributed by atoms with Gasteiger partial charge in [0.15, 0.2) is 0 Å². The zero-order valence-electron chi connectivity index (χ0n) is 8.84. The molecule has 0 amide bonds. The second-order valence-electron chi connectivity index (χ2n) is 4.25. The first-order valence-electron chi connectivity index (χ1n) is 4.22. The molecule has 0 spiro atoms. The largest absolute Gasteiger partial charge is 0.234 e. The van der Waals surface area contributed by atoms with E-state index in [0.717, 1.165) is 5.71 Å². The topological polar surface area (TPSA) is 29.4 Å². The lowest BCUT2D eigenvalue weighted by Gasteiger charge is -2.14. The SMILES string of the molecule is C/C(=N\[S@](=O)C(C)(C)C)C(C)C. The Hall–Kier alpha value is -0.180. The minimum atomic E-state index is -1.10. The van der Waals surface area contributed by atoms with Crippen molar-refractivity contribution in [2.45, 2.75) is 46.3 Å². The minimum absolute atomic E-state index is 0.240. The van der Waals surface area contributed by atoms with Gasteiger partial charge in [0.2, 0.25) is 0 Å². The summed E-state index contributed by atoms with van der Waals surface area (Å²) in [4.78, 5) is 0. The van der Waals surface area contributed by atoms with Crippen LogP contribution in [0.15, 0.2) is 4.40 Å². The Bertz CT molecular complexity index is 201. The minimum Gasteiger partial charge on any atom is -0.234 e. The molecule has 2 nitrogen and oxygen atoms in total. The zero-order valence-corrected chi connectivity index (χ0v) is 9.66. The number of hydrogen-bond donors (Lipinski definition) is 0. The lowest BCUT2D eigenvalue weighted by Crippen LogP contribution is -2.21. The van der Waals surface area contributed by atoms with E-state index in [1.807, 2.05) is 27.7 Å². The van der Waals surface area contributed by atoms with Crippen LogP contribution < -0.4 is 0 Å². The summed E-state index contributed by atoms with van der Waals surface area (Å²) in [5.74, 6) is 0.385. The summed E-state index contributed by atoms with van der Waals surface area (Å²) < 4.78 is 15.4. The Kier molecular flexibility index (Phi) is 4.11. The predicted octanol–water partition coefficient (Wildman–Crippen LogP) is 2.57. The number of rotatable bonds is 2. The van der Waals surface area contributed by atoms with Crippen LogP contribution >= 0.6 is 0 Å². The third-order valence-electron chi connectivity index (χ3n) is 1.59. The average molecular weight is 189 g/mol. The quantitative estimate of drug-likeness (QED) is 0.614. The Labute approximate surface area is 78.1 Å². The van der Waals surface area contributed by atoms with Gasteiger partial charge in [-0.25, -0.2) is 4.21 Å². The highest BCUT2D eigenvalue weighted by Crippen LogP contribution is 2.13. The molecule has 3 heteroatoms. The summed E-state index contributed by atoms with van der Waals surface area (Å²) in [6.45, 7) is 11.8. The molecule has 0 aliphatic carbocycles. The molecule has 1 atom stereocenters. The predicted molar refractivity (Wildman–Crippen MR) is 55.8 cm³/mol. The molecule has 0 aliphatic heterocycles. The van der Waals surface area contributed by atoms with Crippen LogP contribution in [-0.4, -0.2) is 14.7 Å². The molecule has 0 saturated carbocycles. The lowest BCUT2D eigenvalue weighted by molar-refractivity contribution is 0.650. The van der Waals surface area contributed by atoms with Gasteiger partial charge >= 0.3 is 0 Å². The highest BCUT2D eigenvalue weighted by atomic mass is 32.2. The van der Waals surface area contributed by atoms with Crippen LogP contribution in [0.3, 0.4) is 0 Å². The van der Waals surface area contributed by atoms with E-state index in [9.17, 15) is 4.21 Å². The molecule has 0 rings (SSSR count). The van der Waals surface area contributed by atoms with Crippen LogP contribution in [-0.2, 0) is 11.0 Å². The van der Waals surface area contributed by atoms with Gasteiger partial charge in [0.25, 0.3) is 0 Å².